The molecule has 1 nitrogen and oxygen atoms in total. The Morgan fingerprint density at radius 3 is 2.64 bits per heavy atom. The molecule has 1 aliphatic rings. The van der Waals surface area contributed by atoms with Crippen molar-refractivity contribution in [1.29, 1.82) is 0 Å². The first-order valence-corrected chi connectivity index (χ1v) is 6.07. The highest BCUT2D eigenvalue weighted by atomic mass is 16.5. The maximum Gasteiger partial charge on any atom is 0.0462 e. The summed E-state index contributed by atoms with van der Waals surface area (Å²) in [6.07, 6.45) is 6.85. The van der Waals surface area contributed by atoms with E-state index >= 15 is 0 Å². The van der Waals surface area contributed by atoms with E-state index < -0.39 is 0 Å². The van der Waals surface area contributed by atoms with Gasteiger partial charge in [-0.15, -0.1) is 0 Å². The van der Waals surface area contributed by atoms with Crippen LogP contribution in [-0.2, 0) is 4.74 Å². The van der Waals surface area contributed by atoms with Crippen molar-refractivity contribution < 1.29 is 4.74 Å². The van der Waals surface area contributed by atoms with E-state index in [-0.39, 0.29) is 0 Å². The average Bonchev–Trinajstić information content (AvgIpc) is 2.09. The highest BCUT2D eigenvalue weighted by molar-refractivity contribution is 4.86. The number of ether oxygens (including phenoxy) is 1. The molecule has 0 aromatic heterocycles. The van der Waals surface area contributed by atoms with Gasteiger partial charge in [-0.25, -0.2) is 0 Å². The fraction of sp³-hybridized carbons (Fsp3) is 1.00. The fourth-order valence-corrected chi connectivity index (χ4v) is 3.16. The Bertz CT molecular complexity index is 163. The summed E-state index contributed by atoms with van der Waals surface area (Å²) in [5.74, 6) is 1.82. The predicted octanol–water partition coefficient (Wildman–Crippen LogP) is 3.88. The average molecular weight is 198 g/mol. The van der Waals surface area contributed by atoms with Crippen LogP contribution in [0.25, 0.3) is 0 Å². The van der Waals surface area contributed by atoms with Gasteiger partial charge in [0, 0.05) is 13.7 Å². The van der Waals surface area contributed by atoms with Crippen LogP contribution in [0.5, 0.6) is 0 Å². The summed E-state index contributed by atoms with van der Waals surface area (Å²) in [6, 6.07) is 0. The van der Waals surface area contributed by atoms with E-state index in [1.54, 1.807) is 7.11 Å². The van der Waals surface area contributed by atoms with Gasteiger partial charge in [0.1, 0.15) is 0 Å². The third-order valence-corrected chi connectivity index (χ3v) is 4.03. The molecule has 2 atom stereocenters. The number of rotatable bonds is 4. The van der Waals surface area contributed by atoms with E-state index in [0.29, 0.717) is 5.41 Å². The maximum absolute atomic E-state index is 5.14. The van der Waals surface area contributed by atoms with Crippen LogP contribution in [-0.4, -0.2) is 13.7 Å². The molecule has 1 heteroatoms. The zero-order valence-corrected chi connectivity index (χ0v) is 10.3. The van der Waals surface area contributed by atoms with Crippen LogP contribution in [0, 0.1) is 17.3 Å². The van der Waals surface area contributed by atoms with Gasteiger partial charge < -0.3 is 4.74 Å². The minimum Gasteiger partial charge on any atom is -0.385 e. The van der Waals surface area contributed by atoms with Crippen LogP contribution < -0.4 is 0 Å². The van der Waals surface area contributed by atoms with Gasteiger partial charge in [-0.2, -0.15) is 0 Å². The summed E-state index contributed by atoms with van der Waals surface area (Å²) in [5, 5.41) is 0. The van der Waals surface area contributed by atoms with Gasteiger partial charge in [-0.05, 0) is 36.5 Å². The van der Waals surface area contributed by atoms with Crippen LogP contribution >= 0.6 is 0 Å². The minimum atomic E-state index is 0.561. The molecule has 2 unspecified atom stereocenters. The molecule has 0 spiro atoms. The molecule has 1 saturated carbocycles. The van der Waals surface area contributed by atoms with E-state index in [9.17, 15) is 0 Å². The van der Waals surface area contributed by atoms with Gasteiger partial charge in [0.2, 0.25) is 0 Å². The van der Waals surface area contributed by atoms with Crippen LogP contribution in [0.4, 0.5) is 0 Å². The summed E-state index contributed by atoms with van der Waals surface area (Å²) in [4.78, 5) is 0. The summed E-state index contributed by atoms with van der Waals surface area (Å²) >= 11 is 0. The SMILES string of the molecule is COCCCC1C(C)CCCC1(C)C. The highest BCUT2D eigenvalue weighted by Gasteiger charge is 2.35. The summed E-state index contributed by atoms with van der Waals surface area (Å²) in [6.45, 7) is 8.25. The van der Waals surface area contributed by atoms with Crippen molar-refractivity contribution in [2.24, 2.45) is 17.3 Å². The molecule has 0 aromatic carbocycles. The predicted molar refractivity (Wildman–Crippen MR) is 61.4 cm³/mol. The molecule has 84 valence electrons. The van der Waals surface area contributed by atoms with E-state index in [0.717, 1.165) is 18.4 Å². The van der Waals surface area contributed by atoms with Gasteiger partial charge >= 0.3 is 0 Å². The summed E-state index contributed by atoms with van der Waals surface area (Å²) in [5.41, 5.74) is 0.561. The van der Waals surface area contributed by atoms with Gasteiger partial charge in [-0.1, -0.05) is 33.6 Å². The molecule has 0 heterocycles. The molecule has 0 N–H and O–H groups in total. The van der Waals surface area contributed by atoms with Crippen LogP contribution in [0.1, 0.15) is 52.9 Å². The lowest BCUT2D eigenvalue weighted by atomic mass is 9.63. The normalized spacial score (nSPS) is 31.7. The molecule has 1 fully saturated rings. The molecule has 0 saturated heterocycles. The second-order valence-corrected chi connectivity index (χ2v) is 5.60. The van der Waals surface area contributed by atoms with Crippen molar-refractivity contribution >= 4 is 0 Å². The first kappa shape index (κ1) is 12.0. The molecule has 0 radical (unpaired) electrons. The Balaban J connectivity index is 2.44. The topological polar surface area (TPSA) is 9.23 Å². The van der Waals surface area contributed by atoms with Gasteiger partial charge in [0.05, 0.1) is 0 Å². The Morgan fingerprint density at radius 1 is 1.36 bits per heavy atom. The van der Waals surface area contributed by atoms with Crippen LogP contribution in [0.15, 0.2) is 0 Å². The lowest BCUT2D eigenvalue weighted by molar-refractivity contribution is 0.0663. The van der Waals surface area contributed by atoms with Crippen molar-refractivity contribution in [3.8, 4) is 0 Å². The van der Waals surface area contributed by atoms with Crippen LogP contribution in [0.3, 0.4) is 0 Å². The zero-order valence-electron chi connectivity index (χ0n) is 10.3. The Morgan fingerprint density at radius 2 is 2.07 bits per heavy atom. The lowest BCUT2D eigenvalue weighted by Gasteiger charge is -2.43. The Labute approximate surface area is 89.2 Å². The molecule has 0 aliphatic heterocycles. The fourth-order valence-electron chi connectivity index (χ4n) is 3.16. The van der Waals surface area contributed by atoms with E-state index in [2.05, 4.69) is 20.8 Å². The highest BCUT2D eigenvalue weighted by Crippen LogP contribution is 2.45. The quantitative estimate of drug-likeness (QED) is 0.623. The molecule has 0 amide bonds. The zero-order chi connectivity index (χ0) is 10.6. The third kappa shape index (κ3) is 2.98. The van der Waals surface area contributed by atoms with Crippen molar-refractivity contribution in [3.05, 3.63) is 0 Å². The molecule has 1 rings (SSSR count). The Hall–Kier alpha value is -0.0400. The second-order valence-electron chi connectivity index (χ2n) is 5.60. The first-order valence-electron chi connectivity index (χ1n) is 6.07. The van der Waals surface area contributed by atoms with Crippen molar-refractivity contribution in [1.82, 2.24) is 0 Å². The largest absolute Gasteiger partial charge is 0.385 e. The van der Waals surface area contributed by atoms with Gasteiger partial charge in [-0.3, -0.25) is 0 Å². The third-order valence-electron chi connectivity index (χ3n) is 4.03. The van der Waals surface area contributed by atoms with Crippen molar-refractivity contribution in [2.75, 3.05) is 13.7 Å². The maximum atomic E-state index is 5.14. The monoisotopic (exact) mass is 198 g/mol. The van der Waals surface area contributed by atoms with E-state index in [4.69, 9.17) is 4.74 Å². The van der Waals surface area contributed by atoms with Crippen molar-refractivity contribution in [3.63, 3.8) is 0 Å². The number of hydrogen-bond acceptors (Lipinski definition) is 1. The molecule has 0 bridgehead atoms. The van der Waals surface area contributed by atoms with E-state index in [1.807, 2.05) is 0 Å². The smallest absolute Gasteiger partial charge is 0.0462 e. The Kier molecular flexibility index (Phi) is 4.43. The molecule has 1 aliphatic carbocycles. The van der Waals surface area contributed by atoms with Gasteiger partial charge in [0.25, 0.3) is 0 Å². The lowest BCUT2D eigenvalue weighted by Crippen LogP contribution is -2.33. The second kappa shape index (κ2) is 5.16. The number of methoxy groups -OCH3 is 1. The number of hydrogen-bond donors (Lipinski definition) is 0. The first-order chi connectivity index (χ1) is 6.58. The van der Waals surface area contributed by atoms with E-state index in [1.165, 1.54) is 32.1 Å². The molecular weight excluding hydrogens is 172 g/mol. The minimum absolute atomic E-state index is 0.561. The summed E-state index contributed by atoms with van der Waals surface area (Å²) < 4.78 is 5.14. The van der Waals surface area contributed by atoms with Crippen molar-refractivity contribution in [2.45, 2.75) is 52.9 Å². The van der Waals surface area contributed by atoms with Gasteiger partial charge in [0.15, 0.2) is 0 Å². The standard InChI is InChI=1S/C13H26O/c1-11-7-5-9-13(2,3)12(11)8-6-10-14-4/h11-12H,5-10H2,1-4H3. The molecule has 14 heavy (non-hydrogen) atoms. The van der Waals surface area contributed by atoms with Crippen LogP contribution in [0.2, 0.25) is 0 Å². The molecule has 0 aromatic rings. The molecular formula is C13H26O. The summed E-state index contributed by atoms with van der Waals surface area (Å²) in [7, 11) is 1.80.